The first kappa shape index (κ1) is 13.3. The van der Waals surface area contributed by atoms with E-state index in [1.807, 2.05) is 49.4 Å². The number of benzene rings is 2. The lowest BCUT2D eigenvalue weighted by molar-refractivity contribution is 0.112. The lowest BCUT2D eigenvalue weighted by Gasteiger charge is -2.08. The first-order chi connectivity index (χ1) is 10.3. The van der Waals surface area contributed by atoms with Crippen molar-refractivity contribution in [2.24, 2.45) is 0 Å². The molecule has 0 aliphatic rings. The van der Waals surface area contributed by atoms with Crippen LogP contribution in [-0.2, 0) is 6.42 Å². The monoisotopic (exact) mass is 278 g/mol. The van der Waals surface area contributed by atoms with Crippen LogP contribution in [0.15, 0.2) is 57.7 Å². The summed E-state index contributed by atoms with van der Waals surface area (Å²) in [6.07, 6.45) is 1.30. The quantitative estimate of drug-likeness (QED) is 0.684. The van der Waals surface area contributed by atoms with Crippen molar-refractivity contribution >= 4 is 17.3 Å². The number of carbonyl (C=O) groups excluding carboxylic acids is 1. The van der Waals surface area contributed by atoms with Crippen LogP contribution >= 0.6 is 0 Å². The second-order valence-electron chi connectivity index (χ2n) is 4.80. The van der Waals surface area contributed by atoms with Crippen molar-refractivity contribution in [1.82, 2.24) is 0 Å². The predicted octanol–water partition coefficient (Wildman–Crippen LogP) is 3.83. The molecule has 1 aromatic heterocycles. The van der Waals surface area contributed by atoms with Gasteiger partial charge in [0.2, 0.25) is 5.43 Å². The first-order valence-electron chi connectivity index (χ1n) is 6.85. The molecule has 0 radical (unpaired) electrons. The minimum Gasteiger partial charge on any atom is -0.455 e. The molecule has 3 rings (SSSR count). The summed E-state index contributed by atoms with van der Waals surface area (Å²) < 4.78 is 5.86. The summed E-state index contributed by atoms with van der Waals surface area (Å²) in [6, 6.07) is 14.7. The van der Waals surface area contributed by atoms with Crippen LogP contribution in [0.4, 0.5) is 0 Å². The van der Waals surface area contributed by atoms with E-state index >= 15 is 0 Å². The van der Waals surface area contributed by atoms with E-state index in [9.17, 15) is 9.59 Å². The summed E-state index contributed by atoms with van der Waals surface area (Å²) in [6.45, 7) is 1.97. The van der Waals surface area contributed by atoms with E-state index in [1.165, 1.54) is 0 Å². The van der Waals surface area contributed by atoms with Gasteiger partial charge in [0.25, 0.3) is 0 Å². The van der Waals surface area contributed by atoms with Crippen molar-refractivity contribution in [3.05, 3.63) is 69.9 Å². The summed E-state index contributed by atoms with van der Waals surface area (Å²) in [4.78, 5) is 24.0. The van der Waals surface area contributed by atoms with Crippen LogP contribution in [0.2, 0.25) is 0 Å². The largest absolute Gasteiger partial charge is 0.455 e. The number of carbonyl (C=O) groups is 1. The fourth-order valence-corrected chi connectivity index (χ4v) is 2.53. The Hall–Kier alpha value is -2.68. The van der Waals surface area contributed by atoms with Crippen LogP contribution < -0.4 is 5.43 Å². The second-order valence-corrected chi connectivity index (χ2v) is 4.80. The van der Waals surface area contributed by atoms with Crippen molar-refractivity contribution < 1.29 is 9.21 Å². The van der Waals surface area contributed by atoms with Gasteiger partial charge in [-0.1, -0.05) is 49.4 Å². The molecule has 104 valence electrons. The number of hydrogen-bond acceptors (Lipinski definition) is 3. The zero-order chi connectivity index (χ0) is 14.8. The minimum absolute atomic E-state index is 0.0783. The van der Waals surface area contributed by atoms with Gasteiger partial charge in [-0.05, 0) is 18.1 Å². The molecule has 0 atom stereocenters. The van der Waals surface area contributed by atoms with Gasteiger partial charge in [-0.2, -0.15) is 0 Å². The van der Waals surface area contributed by atoms with Crippen molar-refractivity contribution in [1.29, 1.82) is 0 Å². The Labute approximate surface area is 121 Å². The van der Waals surface area contributed by atoms with Gasteiger partial charge in [0.05, 0.1) is 5.39 Å². The maximum Gasteiger partial charge on any atom is 0.204 e. The van der Waals surface area contributed by atoms with Crippen LogP contribution in [0.1, 0.15) is 22.8 Å². The summed E-state index contributed by atoms with van der Waals surface area (Å²) >= 11 is 0. The average Bonchev–Trinajstić information content (AvgIpc) is 2.54. The summed E-state index contributed by atoms with van der Waals surface area (Å²) in [5.74, 6) is 0.330. The number of hydrogen-bond donors (Lipinski definition) is 0. The van der Waals surface area contributed by atoms with Gasteiger partial charge in [0.15, 0.2) is 6.29 Å². The standard InChI is InChI=1S/C18H14O3/c1-2-12-9-6-10-15-16(12)17(20)14(11-19)18(21-15)13-7-4-3-5-8-13/h3-11H,2H2,1H3. The highest BCUT2D eigenvalue weighted by Gasteiger charge is 2.16. The average molecular weight is 278 g/mol. The predicted molar refractivity (Wildman–Crippen MR) is 82.7 cm³/mol. The Bertz CT molecular complexity index is 861. The van der Waals surface area contributed by atoms with E-state index in [-0.39, 0.29) is 11.0 Å². The van der Waals surface area contributed by atoms with E-state index in [1.54, 1.807) is 6.07 Å². The number of rotatable bonds is 3. The third-order valence-electron chi connectivity index (χ3n) is 3.58. The van der Waals surface area contributed by atoms with E-state index in [2.05, 4.69) is 0 Å². The molecule has 3 heteroatoms. The van der Waals surface area contributed by atoms with E-state index in [4.69, 9.17) is 4.42 Å². The normalized spacial score (nSPS) is 10.7. The van der Waals surface area contributed by atoms with Crippen LogP contribution in [0, 0.1) is 0 Å². The zero-order valence-electron chi connectivity index (χ0n) is 11.6. The third-order valence-corrected chi connectivity index (χ3v) is 3.58. The van der Waals surface area contributed by atoms with Gasteiger partial charge < -0.3 is 4.42 Å². The molecule has 3 aromatic rings. The molecular formula is C18H14O3. The van der Waals surface area contributed by atoms with Crippen molar-refractivity contribution in [3.63, 3.8) is 0 Å². The van der Waals surface area contributed by atoms with E-state index in [0.29, 0.717) is 29.4 Å². The third kappa shape index (κ3) is 2.17. The Kier molecular flexibility index (Phi) is 3.40. The van der Waals surface area contributed by atoms with Gasteiger partial charge in [-0.25, -0.2) is 0 Å². The fraction of sp³-hybridized carbons (Fsp3) is 0.111. The molecule has 0 spiro atoms. The molecule has 0 aliphatic carbocycles. The fourth-order valence-electron chi connectivity index (χ4n) is 2.53. The van der Waals surface area contributed by atoms with Crippen LogP contribution in [-0.4, -0.2) is 6.29 Å². The van der Waals surface area contributed by atoms with Gasteiger partial charge in [0, 0.05) is 5.56 Å². The molecule has 21 heavy (non-hydrogen) atoms. The van der Waals surface area contributed by atoms with Gasteiger partial charge in [0.1, 0.15) is 16.9 Å². The molecule has 0 unspecified atom stereocenters. The number of fused-ring (bicyclic) bond motifs is 1. The van der Waals surface area contributed by atoms with Gasteiger partial charge >= 0.3 is 0 Å². The van der Waals surface area contributed by atoms with E-state index < -0.39 is 0 Å². The molecule has 3 nitrogen and oxygen atoms in total. The topological polar surface area (TPSA) is 47.3 Å². The lowest BCUT2D eigenvalue weighted by atomic mass is 10.0. The highest BCUT2D eigenvalue weighted by molar-refractivity contribution is 5.92. The van der Waals surface area contributed by atoms with Gasteiger partial charge in [-0.15, -0.1) is 0 Å². The van der Waals surface area contributed by atoms with Crippen LogP contribution in [0.3, 0.4) is 0 Å². The van der Waals surface area contributed by atoms with Crippen LogP contribution in [0.5, 0.6) is 0 Å². The van der Waals surface area contributed by atoms with Crippen LogP contribution in [0.25, 0.3) is 22.3 Å². The highest BCUT2D eigenvalue weighted by atomic mass is 16.3. The maximum atomic E-state index is 12.6. The van der Waals surface area contributed by atoms with Crippen molar-refractivity contribution in [3.8, 4) is 11.3 Å². The number of aldehydes is 1. The zero-order valence-corrected chi connectivity index (χ0v) is 11.6. The summed E-state index contributed by atoms with van der Waals surface area (Å²) in [5.41, 5.74) is 1.95. The number of aryl methyl sites for hydroxylation is 1. The minimum atomic E-state index is -0.262. The molecule has 0 N–H and O–H groups in total. The lowest BCUT2D eigenvalue weighted by Crippen LogP contribution is -2.12. The molecule has 2 aromatic carbocycles. The summed E-state index contributed by atoms with van der Waals surface area (Å²) in [7, 11) is 0. The highest BCUT2D eigenvalue weighted by Crippen LogP contribution is 2.26. The molecule has 0 saturated carbocycles. The van der Waals surface area contributed by atoms with E-state index in [0.717, 1.165) is 11.1 Å². The molecule has 1 heterocycles. The summed E-state index contributed by atoms with van der Waals surface area (Å²) in [5, 5.41) is 0.502. The Morgan fingerprint density at radius 2 is 1.81 bits per heavy atom. The SMILES string of the molecule is CCc1cccc2oc(-c3ccccc3)c(C=O)c(=O)c12. The first-order valence-corrected chi connectivity index (χ1v) is 6.85. The Morgan fingerprint density at radius 3 is 2.48 bits per heavy atom. The molecular weight excluding hydrogens is 264 g/mol. The molecule has 0 aliphatic heterocycles. The Morgan fingerprint density at radius 1 is 1.05 bits per heavy atom. The molecule has 0 bridgehead atoms. The smallest absolute Gasteiger partial charge is 0.204 e. The van der Waals surface area contributed by atoms with Crippen molar-refractivity contribution in [2.75, 3.05) is 0 Å². The Balaban J connectivity index is 2.43. The molecule has 0 fully saturated rings. The maximum absolute atomic E-state index is 12.6. The molecule has 0 amide bonds. The van der Waals surface area contributed by atoms with Crippen molar-refractivity contribution in [2.45, 2.75) is 13.3 Å². The molecule has 0 saturated heterocycles. The second kappa shape index (κ2) is 5.37. The van der Waals surface area contributed by atoms with Gasteiger partial charge in [-0.3, -0.25) is 9.59 Å².